The van der Waals surface area contributed by atoms with Crippen molar-refractivity contribution in [1.29, 1.82) is 0 Å². The van der Waals surface area contributed by atoms with Crippen molar-refractivity contribution in [3.05, 3.63) is 71.9 Å². The van der Waals surface area contributed by atoms with Gasteiger partial charge < -0.3 is 5.73 Å². The van der Waals surface area contributed by atoms with Crippen LogP contribution in [0.3, 0.4) is 0 Å². The van der Waals surface area contributed by atoms with E-state index in [1.807, 2.05) is 43.3 Å². The fraction of sp³-hybridized carbons (Fsp3) is 0.150. The first-order valence-electron chi connectivity index (χ1n) is 8.37. The van der Waals surface area contributed by atoms with E-state index in [9.17, 15) is 4.39 Å². The van der Waals surface area contributed by atoms with Gasteiger partial charge in [-0.3, -0.25) is 0 Å². The molecular weight excluding hydrogens is 329 g/mol. The summed E-state index contributed by atoms with van der Waals surface area (Å²) in [6, 6.07) is 14.3. The van der Waals surface area contributed by atoms with Gasteiger partial charge in [0.1, 0.15) is 5.82 Å². The van der Waals surface area contributed by atoms with Crippen molar-refractivity contribution >= 4 is 10.9 Å². The molecule has 3 aromatic heterocycles. The number of fused-ring (bicyclic) bond motifs is 1. The largest absolute Gasteiger partial charge is 0.323 e. The molecule has 1 aromatic carbocycles. The molecule has 5 nitrogen and oxygen atoms in total. The Kier molecular flexibility index (Phi) is 3.97. The van der Waals surface area contributed by atoms with Gasteiger partial charge in [0.15, 0.2) is 5.82 Å². The summed E-state index contributed by atoms with van der Waals surface area (Å²) in [5.41, 5.74) is 9.46. The van der Waals surface area contributed by atoms with Crippen molar-refractivity contribution in [2.75, 3.05) is 0 Å². The van der Waals surface area contributed by atoms with E-state index in [1.165, 1.54) is 6.07 Å². The lowest BCUT2D eigenvalue weighted by Crippen LogP contribution is -2.10. The highest BCUT2D eigenvalue weighted by atomic mass is 19.1. The van der Waals surface area contributed by atoms with Gasteiger partial charge in [-0.1, -0.05) is 18.2 Å². The number of nitrogens with two attached hydrogens (primary N) is 1. The van der Waals surface area contributed by atoms with Crippen molar-refractivity contribution in [1.82, 2.24) is 19.7 Å². The van der Waals surface area contributed by atoms with Crippen molar-refractivity contribution in [2.24, 2.45) is 5.73 Å². The van der Waals surface area contributed by atoms with E-state index in [4.69, 9.17) is 5.73 Å². The predicted molar refractivity (Wildman–Crippen MR) is 99.4 cm³/mol. The molecule has 0 bridgehead atoms. The van der Waals surface area contributed by atoms with Gasteiger partial charge in [-0.05, 0) is 44.2 Å². The Morgan fingerprint density at radius 3 is 2.69 bits per heavy atom. The molecular formula is C20H18FN5. The molecule has 130 valence electrons. The van der Waals surface area contributed by atoms with Crippen LogP contribution in [0.25, 0.3) is 28.0 Å². The number of aryl methyl sites for hydroxylation is 1. The molecule has 0 saturated carbocycles. The van der Waals surface area contributed by atoms with Gasteiger partial charge in [-0.25, -0.2) is 19.0 Å². The molecule has 0 saturated heterocycles. The molecule has 0 spiro atoms. The van der Waals surface area contributed by atoms with Gasteiger partial charge in [0.25, 0.3) is 0 Å². The van der Waals surface area contributed by atoms with Crippen molar-refractivity contribution in [3.63, 3.8) is 0 Å². The fourth-order valence-corrected chi connectivity index (χ4v) is 2.94. The molecule has 2 N–H and O–H groups in total. The quantitative estimate of drug-likeness (QED) is 0.609. The molecule has 26 heavy (non-hydrogen) atoms. The van der Waals surface area contributed by atoms with Crippen LogP contribution in [0.5, 0.6) is 0 Å². The Labute approximate surface area is 150 Å². The van der Waals surface area contributed by atoms with Gasteiger partial charge in [0.05, 0.1) is 23.1 Å². The summed E-state index contributed by atoms with van der Waals surface area (Å²) < 4.78 is 15.7. The minimum atomic E-state index is -0.472. The lowest BCUT2D eigenvalue weighted by atomic mass is 10.1. The highest BCUT2D eigenvalue weighted by Gasteiger charge is 2.13. The molecule has 0 radical (unpaired) electrons. The van der Waals surface area contributed by atoms with E-state index in [1.54, 1.807) is 23.9 Å². The first-order chi connectivity index (χ1) is 12.5. The maximum absolute atomic E-state index is 13.9. The van der Waals surface area contributed by atoms with E-state index in [-0.39, 0.29) is 11.5 Å². The summed E-state index contributed by atoms with van der Waals surface area (Å²) in [7, 11) is 0. The topological polar surface area (TPSA) is 69.6 Å². The first kappa shape index (κ1) is 16.4. The van der Waals surface area contributed by atoms with E-state index < -0.39 is 6.04 Å². The highest BCUT2D eigenvalue weighted by molar-refractivity contribution is 5.84. The standard InChI is InChI=1S/C20H18FN5/c1-12-4-3-5-19(24-12)26-18-10-14(6-7-15(18)11-23-26)17-9-8-16(21)20(25-17)13(2)22/h3-11,13H,22H2,1-2H3. The molecule has 3 heterocycles. The first-order valence-corrected chi connectivity index (χ1v) is 8.37. The van der Waals surface area contributed by atoms with Crippen LogP contribution in [-0.4, -0.2) is 19.7 Å². The third-order valence-electron chi connectivity index (χ3n) is 4.26. The summed E-state index contributed by atoms with van der Waals surface area (Å²) in [4.78, 5) is 8.94. The van der Waals surface area contributed by atoms with Crippen LogP contribution in [0.2, 0.25) is 0 Å². The van der Waals surface area contributed by atoms with Gasteiger partial charge >= 0.3 is 0 Å². The summed E-state index contributed by atoms with van der Waals surface area (Å²) in [5.74, 6) is 0.360. The third-order valence-corrected chi connectivity index (χ3v) is 4.26. The van der Waals surface area contributed by atoms with Gasteiger partial charge in [0.2, 0.25) is 0 Å². The number of benzene rings is 1. The van der Waals surface area contributed by atoms with Crippen LogP contribution in [0.1, 0.15) is 24.4 Å². The zero-order valence-corrected chi connectivity index (χ0v) is 14.5. The maximum atomic E-state index is 13.9. The molecule has 4 rings (SSSR count). The molecule has 0 amide bonds. The minimum Gasteiger partial charge on any atom is -0.323 e. The average molecular weight is 347 g/mol. The van der Waals surface area contributed by atoms with Crippen LogP contribution < -0.4 is 5.73 Å². The Balaban J connectivity index is 1.86. The van der Waals surface area contributed by atoms with Gasteiger partial charge in [-0.15, -0.1) is 0 Å². The maximum Gasteiger partial charge on any atom is 0.154 e. The molecule has 0 aliphatic carbocycles. The van der Waals surface area contributed by atoms with E-state index in [0.29, 0.717) is 5.69 Å². The summed E-state index contributed by atoms with van der Waals surface area (Å²) in [6.07, 6.45) is 1.80. The molecule has 4 aromatic rings. The van der Waals surface area contributed by atoms with E-state index in [0.717, 1.165) is 28.0 Å². The number of hydrogen-bond donors (Lipinski definition) is 1. The SMILES string of the molecule is Cc1cccc(-n2ncc3ccc(-c4ccc(F)c(C(C)N)n4)cc32)n1. The summed E-state index contributed by atoms with van der Waals surface area (Å²) >= 11 is 0. The van der Waals surface area contributed by atoms with Crippen molar-refractivity contribution in [2.45, 2.75) is 19.9 Å². The highest BCUT2D eigenvalue weighted by Crippen LogP contribution is 2.26. The minimum absolute atomic E-state index is 0.261. The lowest BCUT2D eigenvalue weighted by molar-refractivity contribution is 0.580. The number of aromatic nitrogens is 4. The molecule has 0 aliphatic heterocycles. The molecule has 6 heteroatoms. The predicted octanol–water partition coefficient (Wildman–Crippen LogP) is 3.95. The number of pyridine rings is 2. The summed E-state index contributed by atoms with van der Waals surface area (Å²) in [6.45, 7) is 3.66. The number of halogens is 1. The van der Waals surface area contributed by atoms with Gasteiger partial charge in [0, 0.05) is 22.7 Å². The summed E-state index contributed by atoms with van der Waals surface area (Å²) in [5, 5.41) is 5.45. The Morgan fingerprint density at radius 2 is 1.92 bits per heavy atom. The second kappa shape index (κ2) is 6.31. The zero-order valence-electron chi connectivity index (χ0n) is 14.5. The second-order valence-electron chi connectivity index (χ2n) is 6.32. The smallest absolute Gasteiger partial charge is 0.154 e. The zero-order chi connectivity index (χ0) is 18.3. The third kappa shape index (κ3) is 2.84. The van der Waals surface area contributed by atoms with Crippen LogP contribution in [0.15, 0.2) is 54.7 Å². The molecule has 1 atom stereocenters. The number of rotatable bonds is 3. The van der Waals surface area contributed by atoms with Gasteiger partial charge in [-0.2, -0.15) is 5.10 Å². The van der Waals surface area contributed by atoms with Crippen LogP contribution in [0, 0.1) is 12.7 Å². The lowest BCUT2D eigenvalue weighted by Gasteiger charge is -2.09. The molecule has 1 unspecified atom stereocenters. The number of hydrogen-bond acceptors (Lipinski definition) is 4. The molecule has 0 fully saturated rings. The van der Waals surface area contributed by atoms with Crippen LogP contribution in [-0.2, 0) is 0 Å². The number of nitrogens with zero attached hydrogens (tertiary/aromatic N) is 4. The fourth-order valence-electron chi connectivity index (χ4n) is 2.94. The second-order valence-corrected chi connectivity index (χ2v) is 6.32. The Hall–Kier alpha value is -3.12. The normalized spacial score (nSPS) is 12.5. The molecule has 0 aliphatic rings. The average Bonchev–Trinajstić information content (AvgIpc) is 3.05. The van der Waals surface area contributed by atoms with E-state index >= 15 is 0 Å². The Bertz CT molecular complexity index is 1100. The van der Waals surface area contributed by atoms with Crippen molar-refractivity contribution in [3.8, 4) is 17.1 Å². The van der Waals surface area contributed by atoms with Crippen molar-refractivity contribution < 1.29 is 4.39 Å². The van der Waals surface area contributed by atoms with E-state index in [2.05, 4.69) is 15.1 Å². The monoisotopic (exact) mass is 347 g/mol. The Morgan fingerprint density at radius 1 is 1.08 bits per heavy atom. The van der Waals surface area contributed by atoms with Crippen LogP contribution >= 0.6 is 0 Å². The van der Waals surface area contributed by atoms with Crippen LogP contribution in [0.4, 0.5) is 4.39 Å².